The van der Waals surface area contributed by atoms with Crippen molar-refractivity contribution in [3.63, 3.8) is 0 Å². The molecule has 0 aliphatic carbocycles. The van der Waals surface area contributed by atoms with E-state index in [9.17, 15) is 0 Å². The van der Waals surface area contributed by atoms with Crippen LogP contribution in [0.5, 0.6) is 11.5 Å². The second-order valence-corrected chi connectivity index (χ2v) is 7.86. The van der Waals surface area contributed by atoms with Crippen LogP contribution < -0.4 is 4.74 Å². The Morgan fingerprint density at radius 2 is 1.27 bits per heavy atom. The number of hydrogen-bond acceptors (Lipinski definition) is 2. The molecule has 0 saturated heterocycles. The van der Waals surface area contributed by atoms with Crippen molar-refractivity contribution in [3.05, 3.63) is 115 Å². The molecule has 4 heteroatoms. The normalized spacial score (nSPS) is 11.0. The van der Waals surface area contributed by atoms with Crippen molar-refractivity contribution < 1.29 is 4.74 Å². The number of H-pyrrole nitrogens is 2. The van der Waals surface area contributed by atoms with Gasteiger partial charge in [-0.25, -0.2) is 4.98 Å². The molecular weight excluding hydrogens is 406 g/mol. The van der Waals surface area contributed by atoms with Crippen molar-refractivity contribution in [1.29, 1.82) is 0 Å². The van der Waals surface area contributed by atoms with Crippen LogP contribution in [0.1, 0.15) is 0 Å². The largest absolute Gasteiger partial charge is 0.457 e. The average Bonchev–Trinajstić information content (AvgIpc) is 3.50. The summed E-state index contributed by atoms with van der Waals surface area (Å²) in [5.41, 5.74) is 6.17. The molecule has 0 unspecified atom stereocenters. The lowest BCUT2D eigenvalue weighted by Gasteiger charge is -2.07. The van der Waals surface area contributed by atoms with Crippen LogP contribution in [0.2, 0.25) is 0 Å². The predicted octanol–water partition coefficient (Wildman–Crippen LogP) is 7.68. The molecule has 2 aromatic heterocycles. The van der Waals surface area contributed by atoms with Gasteiger partial charge in [0.05, 0.1) is 11.4 Å². The van der Waals surface area contributed by atoms with E-state index in [-0.39, 0.29) is 0 Å². The number of aromatic amines is 2. The maximum Gasteiger partial charge on any atom is 0.140 e. The highest BCUT2D eigenvalue weighted by molar-refractivity contribution is 5.95. The predicted molar refractivity (Wildman–Crippen MR) is 133 cm³/mol. The highest BCUT2D eigenvalue weighted by Gasteiger charge is 2.17. The summed E-state index contributed by atoms with van der Waals surface area (Å²) in [6, 6.07) is 36.5. The molecule has 6 rings (SSSR count). The number of nitrogens with zero attached hydrogens (tertiary/aromatic N) is 1. The third-order valence-corrected chi connectivity index (χ3v) is 5.72. The highest BCUT2D eigenvalue weighted by Crippen LogP contribution is 2.36. The van der Waals surface area contributed by atoms with Crippen LogP contribution in [0.15, 0.2) is 115 Å². The summed E-state index contributed by atoms with van der Waals surface area (Å²) in [5, 5.41) is 1.14. The van der Waals surface area contributed by atoms with Crippen molar-refractivity contribution >= 4 is 10.9 Å². The first-order valence-corrected chi connectivity index (χ1v) is 10.9. The fourth-order valence-electron chi connectivity index (χ4n) is 4.10. The topological polar surface area (TPSA) is 53.7 Å². The molecule has 0 aliphatic rings. The molecule has 0 radical (unpaired) electrons. The molecule has 33 heavy (non-hydrogen) atoms. The van der Waals surface area contributed by atoms with E-state index in [1.165, 1.54) is 0 Å². The van der Waals surface area contributed by atoms with Crippen LogP contribution in [0.25, 0.3) is 44.8 Å². The lowest BCUT2D eigenvalue weighted by Crippen LogP contribution is -1.86. The van der Waals surface area contributed by atoms with Crippen LogP contribution >= 0.6 is 0 Å². The molecule has 0 amide bonds. The SMILES string of the molecule is c1ccc(Oc2ccc(-c3[nH]c(-c4c[nH]c5ccccc45)nc3-c3ccccc3)cc2)cc1. The summed E-state index contributed by atoms with van der Waals surface area (Å²) in [5.74, 6) is 2.45. The number of nitrogens with one attached hydrogen (secondary N) is 2. The quantitative estimate of drug-likeness (QED) is 0.296. The van der Waals surface area contributed by atoms with Crippen LogP contribution in [0, 0.1) is 0 Å². The minimum atomic E-state index is 0.794. The maximum atomic E-state index is 5.97. The summed E-state index contributed by atoms with van der Waals surface area (Å²) in [6.45, 7) is 0. The molecule has 0 bridgehead atoms. The van der Waals surface area contributed by atoms with Gasteiger partial charge < -0.3 is 14.7 Å². The van der Waals surface area contributed by atoms with Gasteiger partial charge in [-0.3, -0.25) is 0 Å². The van der Waals surface area contributed by atoms with Gasteiger partial charge in [-0.05, 0) is 42.5 Å². The molecule has 2 N–H and O–H groups in total. The van der Waals surface area contributed by atoms with E-state index < -0.39 is 0 Å². The second-order valence-electron chi connectivity index (χ2n) is 7.86. The van der Waals surface area contributed by atoms with Crippen LogP contribution in [0.3, 0.4) is 0 Å². The molecular formula is C29H21N3O. The molecule has 0 spiro atoms. The van der Waals surface area contributed by atoms with Gasteiger partial charge in [0.15, 0.2) is 0 Å². The van der Waals surface area contributed by atoms with Gasteiger partial charge >= 0.3 is 0 Å². The summed E-state index contributed by atoms with van der Waals surface area (Å²) in [7, 11) is 0. The number of rotatable bonds is 5. The summed E-state index contributed by atoms with van der Waals surface area (Å²) < 4.78 is 5.97. The van der Waals surface area contributed by atoms with E-state index in [0.29, 0.717) is 0 Å². The van der Waals surface area contributed by atoms with E-state index in [0.717, 1.165) is 56.3 Å². The Kier molecular flexibility index (Phi) is 4.74. The number of ether oxygens (including phenoxy) is 1. The van der Waals surface area contributed by atoms with Gasteiger partial charge in [-0.15, -0.1) is 0 Å². The third-order valence-electron chi connectivity index (χ3n) is 5.72. The highest BCUT2D eigenvalue weighted by atomic mass is 16.5. The van der Waals surface area contributed by atoms with E-state index in [4.69, 9.17) is 9.72 Å². The lowest BCUT2D eigenvalue weighted by molar-refractivity contribution is 0.483. The Bertz CT molecular complexity index is 1510. The number of aromatic nitrogens is 3. The minimum Gasteiger partial charge on any atom is -0.457 e. The molecule has 2 heterocycles. The fraction of sp³-hybridized carbons (Fsp3) is 0. The number of hydrogen-bond donors (Lipinski definition) is 2. The Labute approximate surface area is 191 Å². The monoisotopic (exact) mass is 427 g/mol. The standard InChI is InChI=1S/C29H21N3O/c1-3-9-20(10-4-1)27-28(21-15-17-23(18-16-21)33-22-11-5-2-6-12-22)32-29(31-27)25-19-30-26-14-8-7-13-24(25)26/h1-19,30H,(H,31,32). The number of imidazole rings is 1. The first-order chi connectivity index (χ1) is 16.3. The molecule has 6 aromatic rings. The summed E-state index contributed by atoms with van der Waals surface area (Å²) >= 11 is 0. The van der Waals surface area contributed by atoms with Gasteiger partial charge in [0.25, 0.3) is 0 Å². The maximum absolute atomic E-state index is 5.97. The van der Waals surface area contributed by atoms with E-state index in [2.05, 4.69) is 46.4 Å². The zero-order valence-corrected chi connectivity index (χ0v) is 17.8. The van der Waals surface area contributed by atoms with Gasteiger partial charge in [0, 0.05) is 33.8 Å². The van der Waals surface area contributed by atoms with Gasteiger partial charge in [-0.1, -0.05) is 66.7 Å². The van der Waals surface area contributed by atoms with E-state index in [1.807, 2.05) is 79.0 Å². The van der Waals surface area contributed by atoms with Crippen LogP contribution in [0.4, 0.5) is 0 Å². The smallest absolute Gasteiger partial charge is 0.140 e. The Balaban J connectivity index is 1.43. The molecule has 4 nitrogen and oxygen atoms in total. The first kappa shape index (κ1) is 19.1. The lowest BCUT2D eigenvalue weighted by atomic mass is 10.1. The minimum absolute atomic E-state index is 0.794. The molecule has 158 valence electrons. The van der Waals surface area contributed by atoms with Gasteiger partial charge in [0.2, 0.25) is 0 Å². The molecule has 0 saturated carbocycles. The zero-order valence-electron chi connectivity index (χ0n) is 17.8. The van der Waals surface area contributed by atoms with Crippen molar-refractivity contribution in [2.75, 3.05) is 0 Å². The van der Waals surface area contributed by atoms with Crippen LogP contribution in [-0.2, 0) is 0 Å². The van der Waals surface area contributed by atoms with Crippen molar-refractivity contribution in [2.45, 2.75) is 0 Å². The van der Waals surface area contributed by atoms with Crippen molar-refractivity contribution in [2.24, 2.45) is 0 Å². The van der Waals surface area contributed by atoms with Gasteiger partial charge in [0.1, 0.15) is 17.3 Å². The van der Waals surface area contributed by atoms with Crippen molar-refractivity contribution in [3.8, 4) is 45.4 Å². The molecule has 0 aliphatic heterocycles. The third kappa shape index (κ3) is 3.68. The summed E-state index contributed by atoms with van der Waals surface area (Å²) in [6.07, 6.45) is 2.01. The van der Waals surface area contributed by atoms with E-state index >= 15 is 0 Å². The number of para-hydroxylation sites is 2. The Morgan fingerprint density at radius 3 is 2.06 bits per heavy atom. The molecule has 0 atom stereocenters. The second kappa shape index (κ2) is 8.17. The molecule has 4 aromatic carbocycles. The Hall–Kier alpha value is -4.57. The summed E-state index contributed by atoms with van der Waals surface area (Å²) in [4.78, 5) is 12.0. The van der Waals surface area contributed by atoms with Crippen LogP contribution in [-0.4, -0.2) is 15.0 Å². The van der Waals surface area contributed by atoms with E-state index in [1.54, 1.807) is 0 Å². The zero-order chi connectivity index (χ0) is 22.0. The number of benzene rings is 4. The van der Waals surface area contributed by atoms with Gasteiger partial charge in [-0.2, -0.15) is 0 Å². The number of fused-ring (bicyclic) bond motifs is 1. The fourth-order valence-corrected chi connectivity index (χ4v) is 4.10. The Morgan fingerprint density at radius 1 is 0.606 bits per heavy atom. The molecule has 0 fully saturated rings. The first-order valence-electron chi connectivity index (χ1n) is 10.9. The average molecular weight is 428 g/mol. The van der Waals surface area contributed by atoms with Crippen molar-refractivity contribution in [1.82, 2.24) is 15.0 Å².